The summed E-state index contributed by atoms with van der Waals surface area (Å²) in [5, 5.41) is 9.72. The van der Waals surface area contributed by atoms with E-state index in [1.54, 1.807) is 24.3 Å². The average Bonchev–Trinajstić information content (AvgIpc) is 2.92. The standard InChI is InChI=1S/C11H11ClO2/c12-9-5-3-8(4-6-9)10(11(13)14)7-1-2-7/h3-7,10H,1-2H2,(H,13,14)/t10-/m0/s1. The lowest BCUT2D eigenvalue weighted by molar-refractivity contribution is -0.139. The van der Waals surface area contributed by atoms with Gasteiger partial charge in [-0.15, -0.1) is 0 Å². The van der Waals surface area contributed by atoms with E-state index in [1.807, 2.05) is 0 Å². The van der Waals surface area contributed by atoms with Crippen molar-refractivity contribution in [3.8, 4) is 0 Å². The van der Waals surface area contributed by atoms with E-state index in [-0.39, 0.29) is 5.92 Å². The molecule has 1 aromatic rings. The van der Waals surface area contributed by atoms with Crippen LogP contribution in [-0.4, -0.2) is 11.1 Å². The molecule has 0 heterocycles. The molecule has 0 radical (unpaired) electrons. The highest BCUT2D eigenvalue weighted by atomic mass is 35.5. The fourth-order valence-electron chi connectivity index (χ4n) is 1.72. The number of carboxylic acid groups (broad SMARTS) is 1. The summed E-state index contributed by atoms with van der Waals surface area (Å²) < 4.78 is 0. The Labute approximate surface area is 87.5 Å². The van der Waals surface area contributed by atoms with Crippen molar-refractivity contribution in [3.05, 3.63) is 34.9 Å². The molecule has 0 saturated heterocycles. The zero-order valence-electron chi connectivity index (χ0n) is 7.61. The second-order valence-corrected chi connectivity index (χ2v) is 4.14. The Kier molecular flexibility index (Phi) is 2.46. The maximum Gasteiger partial charge on any atom is 0.311 e. The Hall–Kier alpha value is -1.02. The maximum atomic E-state index is 11.0. The van der Waals surface area contributed by atoms with Crippen molar-refractivity contribution in [1.82, 2.24) is 0 Å². The summed E-state index contributed by atoms with van der Waals surface area (Å²) in [4.78, 5) is 11.0. The van der Waals surface area contributed by atoms with Gasteiger partial charge in [-0.05, 0) is 36.5 Å². The molecule has 1 fully saturated rings. The molecule has 3 heteroatoms. The van der Waals surface area contributed by atoms with Gasteiger partial charge in [-0.2, -0.15) is 0 Å². The van der Waals surface area contributed by atoms with E-state index in [1.165, 1.54) is 0 Å². The Balaban J connectivity index is 2.26. The summed E-state index contributed by atoms with van der Waals surface area (Å²) in [5.74, 6) is -0.740. The highest BCUT2D eigenvalue weighted by molar-refractivity contribution is 6.30. The smallest absolute Gasteiger partial charge is 0.311 e. The molecule has 0 unspecified atom stereocenters. The summed E-state index contributed by atoms with van der Waals surface area (Å²) in [5.41, 5.74) is 0.865. The van der Waals surface area contributed by atoms with Crippen LogP contribution in [0.4, 0.5) is 0 Å². The van der Waals surface area contributed by atoms with Gasteiger partial charge in [0.05, 0.1) is 5.92 Å². The molecule has 1 aliphatic rings. The van der Waals surface area contributed by atoms with E-state index < -0.39 is 5.97 Å². The van der Waals surface area contributed by atoms with E-state index >= 15 is 0 Å². The number of hydrogen-bond donors (Lipinski definition) is 1. The van der Waals surface area contributed by atoms with Crippen LogP contribution in [0.15, 0.2) is 24.3 Å². The molecular formula is C11H11ClO2. The van der Waals surface area contributed by atoms with Gasteiger partial charge in [0, 0.05) is 5.02 Å². The summed E-state index contributed by atoms with van der Waals surface area (Å²) in [7, 11) is 0. The van der Waals surface area contributed by atoms with Crippen LogP contribution in [0.1, 0.15) is 24.3 Å². The van der Waals surface area contributed by atoms with Crippen LogP contribution in [-0.2, 0) is 4.79 Å². The highest BCUT2D eigenvalue weighted by Crippen LogP contribution is 2.42. The molecule has 1 saturated carbocycles. The SMILES string of the molecule is O=C(O)[C@H](c1ccc(Cl)cc1)C1CC1. The van der Waals surface area contributed by atoms with Gasteiger partial charge < -0.3 is 5.11 Å². The maximum absolute atomic E-state index is 11.0. The van der Waals surface area contributed by atoms with Crippen LogP contribution in [0.25, 0.3) is 0 Å². The number of carboxylic acids is 1. The van der Waals surface area contributed by atoms with Gasteiger partial charge in [0.15, 0.2) is 0 Å². The highest BCUT2D eigenvalue weighted by Gasteiger charge is 2.37. The third-order valence-electron chi connectivity index (χ3n) is 2.59. The lowest BCUT2D eigenvalue weighted by atomic mass is 9.94. The number of benzene rings is 1. The number of carbonyl (C=O) groups is 1. The number of aliphatic carboxylic acids is 1. The summed E-state index contributed by atoms with van der Waals surface area (Å²) >= 11 is 5.74. The molecule has 1 aliphatic carbocycles. The van der Waals surface area contributed by atoms with Crippen LogP contribution >= 0.6 is 11.6 Å². The van der Waals surface area contributed by atoms with Gasteiger partial charge >= 0.3 is 5.97 Å². The van der Waals surface area contributed by atoms with Crippen molar-refractivity contribution < 1.29 is 9.90 Å². The first-order valence-corrected chi connectivity index (χ1v) is 5.04. The minimum atomic E-state index is -0.727. The average molecular weight is 211 g/mol. The molecular weight excluding hydrogens is 200 g/mol. The second kappa shape index (κ2) is 3.62. The molecule has 2 nitrogen and oxygen atoms in total. The first-order chi connectivity index (χ1) is 6.68. The van der Waals surface area contributed by atoms with Crippen molar-refractivity contribution in [1.29, 1.82) is 0 Å². The molecule has 0 bridgehead atoms. The van der Waals surface area contributed by atoms with Gasteiger partial charge in [0.2, 0.25) is 0 Å². The molecule has 0 aromatic heterocycles. The molecule has 1 aromatic carbocycles. The Morgan fingerprint density at radius 1 is 1.36 bits per heavy atom. The van der Waals surface area contributed by atoms with Crippen LogP contribution in [0.3, 0.4) is 0 Å². The summed E-state index contributed by atoms with van der Waals surface area (Å²) in [6.45, 7) is 0. The van der Waals surface area contributed by atoms with Gasteiger partial charge in [0.25, 0.3) is 0 Å². The van der Waals surface area contributed by atoms with E-state index in [0.717, 1.165) is 18.4 Å². The van der Waals surface area contributed by atoms with Crippen molar-refractivity contribution >= 4 is 17.6 Å². The van der Waals surface area contributed by atoms with Crippen molar-refractivity contribution in [2.45, 2.75) is 18.8 Å². The fraction of sp³-hybridized carbons (Fsp3) is 0.364. The fourth-order valence-corrected chi connectivity index (χ4v) is 1.84. The third kappa shape index (κ3) is 1.90. The normalized spacial score (nSPS) is 17.8. The van der Waals surface area contributed by atoms with E-state index in [4.69, 9.17) is 16.7 Å². The predicted molar refractivity (Wildman–Crippen MR) is 54.6 cm³/mol. The monoisotopic (exact) mass is 210 g/mol. The van der Waals surface area contributed by atoms with Crippen LogP contribution in [0.5, 0.6) is 0 Å². The minimum absolute atomic E-state index is 0.327. The van der Waals surface area contributed by atoms with Crippen LogP contribution in [0.2, 0.25) is 5.02 Å². The molecule has 1 atom stereocenters. The molecule has 0 amide bonds. The quantitative estimate of drug-likeness (QED) is 0.833. The van der Waals surface area contributed by atoms with Gasteiger partial charge in [0.1, 0.15) is 0 Å². The van der Waals surface area contributed by atoms with Crippen molar-refractivity contribution in [2.24, 2.45) is 5.92 Å². The minimum Gasteiger partial charge on any atom is -0.481 e. The second-order valence-electron chi connectivity index (χ2n) is 3.70. The van der Waals surface area contributed by atoms with Gasteiger partial charge in [-0.25, -0.2) is 0 Å². The Morgan fingerprint density at radius 2 is 1.93 bits per heavy atom. The van der Waals surface area contributed by atoms with Gasteiger partial charge in [-0.1, -0.05) is 23.7 Å². The molecule has 0 aliphatic heterocycles. The zero-order valence-corrected chi connectivity index (χ0v) is 8.37. The van der Waals surface area contributed by atoms with E-state index in [9.17, 15) is 4.79 Å². The third-order valence-corrected chi connectivity index (χ3v) is 2.84. The Morgan fingerprint density at radius 3 is 2.36 bits per heavy atom. The zero-order chi connectivity index (χ0) is 10.1. The molecule has 2 rings (SSSR count). The topological polar surface area (TPSA) is 37.3 Å². The largest absolute Gasteiger partial charge is 0.481 e. The van der Waals surface area contributed by atoms with Crippen LogP contribution < -0.4 is 0 Å². The summed E-state index contributed by atoms with van der Waals surface area (Å²) in [6, 6.07) is 7.10. The Bertz CT molecular complexity index is 341. The molecule has 74 valence electrons. The molecule has 1 N–H and O–H groups in total. The summed E-state index contributed by atoms with van der Waals surface area (Å²) in [6.07, 6.45) is 2.05. The number of rotatable bonds is 3. The van der Waals surface area contributed by atoms with Crippen molar-refractivity contribution in [2.75, 3.05) is 0 Å². The first-order valence-electron chi connectivity index (χ1n) is 4.67. The van der Waals surface area contributed by atoms with E-state index in [2.05, 4.69) is 0 Å². The predicted octanol–water partition coefficient (Wildman–Crippen LogP) is 2.92. The lowest BCUT2D eigenvalue weighted by Gasteiger charge is -2.10. The van der Waals surface area contributed by atoms with Crippen molar-refractivity contribution in [3.63, 3.8) is 0 Å². The van der Waals surface area contributed by atoms with E-state index in [0.29, 0.717) is 10.9 Å². The molecule has 0 spiro atoms. The van der Waals surface area contributed by atoms with Gasteiger partial charge in [-0.3, -0.25) is 4.79 Å². The lowest BCUT2D eigenvalue weighted by Crippen LogP contribution is -2.13. The van der Waals surface area contributed by atoms with Crippen LogP contribution in [0, 0.1) is 5.92 Å². The number of hydrogen-bond acceptors (Lipinski definition) is 1. The number of halogens is 1. The molecule has 14 heavy (non-hydrogen) atoms. The first kappa shape index (κ1) is 9.53.